The fraction of sp³-hybridized carbons (Fsp3) is 0.538. The Labute approximate surface area is 101 Å². The highest BCUT2D eigenvalue weighted by atomic mass is 35.5. The Hall–Kier alpha value is -0.570. The van der Waals surface area contributed by atoms with Crippen molar-refractivity contribution in [2.24, 2.45) is 0 Å². The first-order valence-corrected chi connectivity index (χ1v) is 6.28. The predicted molar refractivity (Wildman–Crippen MR) is 64.7 cm³/mol. The van der Waals surface area contributed by atoms with Crippen LogP contribution in [-0.4, -0.2) is 17.3 Å². The highest BCUT2D eigenvalue weighted by Crippen LogP contribution is 2.42. The smallest absolute Gasteiger partial charge is 0.0613 e. The van der Waals surface area contributed by atoms with Gasteiger partial charge in [0.25, 0.3) is 0 Å². The quantitative estimate of drug-likeness (QED) is 0.847. The number of hydrogen-bond acceptors (Lipinski definition) is 2. The summed E-state index contributed by atoms with van der Waals surface area (Å²) in [6, 6.07) is 6.50. The molecule has 3 rings (SSSR count). The van der Waals surface area contributed by atoms with E-state index in [-0.39, 0.29) is 12.1 Å². The highest BCUT2D eigenvalue weighted by molar-refractivity contribution is 6.31. The van der Waals surface area contributed by atoms with Gasteiger partial charge in [-0.25, -0.2) is 0 Å². The van der Waals surface area contributed by atoms with Crippen LogP contribution in [0.2, 0.25) is 5.02 Å². The molecule has 1 atom stereocenters. The van der Waals surface area contributed by atoms with Gasteiger partial charge in [0.15, 0.2) is 0 Å². The van der Waals surface area contributed by atoms with E-state index in [1.54, 1.807) is 0 Å². The SMILES string of the molecule is OCC1(NC2CCc3c(Cl)cccc32)CC1. The minimum Gasteiger partial charge on any atom is -0.394 e. The van der Waals surface area contributed by atoms with Crippen LogP contribution in [0.5, 0.6) is 0 Å². The molecular weight excluding hydrogens is 222 g/mol. The summed E-state index contributed by atoms with van der Waals surface area (Å²) in [6.45, 7) is 0.249. The third kappa shape index (κ3) is 1.65. The maximum Gasteiger partial charge on any atom is 0.0613 e. The summed E-state index contributed by atoms with van der Waals surface area (Å²) < 4.78 is 0. The molecule has 2 N–H and O–H groups in total. The molecule has 0 radical (unpaired) electrons. The van der Waals surface area contributed by atoms with E-state index in [4.69, 9.17) is 11.6 Å². The third-order valence-corrected chi connectivity index (χ3v) is 4.20. The number of benzene rings is 1. The normalized spacial score (nSPS) is 25.5. The summed E-state index contributed by atoms with van der Waals surface area (Å²) in [6.07, 6.45) is 4.33. The lowest BCUT2D eigenvalue weighted by Crippen LogP contribution is -2.37. The number of halogens is 1. The van der Waals surface area contributed by atoms with Crippen LogP contribution >= 0.6 is 11.6 Å². The zero-order valence-corrected chi connectivity index (χ0v) is 9.93. The summed E-state index contributed by atoms with van der Waals surface area (Å²) in [5.41, 5.74) is 2.62. The number of rotatable bonds is 3. The Morgan fingerprint density at radius 2 is 2.25 bits per heavy atom. The molecule has 1 unspecified atom stereocenters. The van der Waals surface area contributed by atoms with Crippen LogP contribution in [0, 0.1) is 0 Å². The molecule has 1 fully saturated rings. The molecule has 0 saturated heterocycles. The van der Waals surface area contributed by atoms with Crippen molar-refractivity contribution in [3.8, 4) is 0 Å². The lowest BCUT2D eigenvalue weighted by molar-refractivity contribution is 0.218. The van der Waals surface area contributed by atoms with Crippen molar-refractivity contribution >= 4 is 11.6 Å². The Balaban J connectivity index is 1.84. The van der Waals surface area contributed by atoms with E-state index in [0.717, 1.165) is 30.7 Å². The van der Waals surface area contributed by atoms with Gasteiger partial charge in [-0.05, 0) is 42.9 Å². The maximum absolute atomic E-state index is 9.33. The van der Waals surface area contributed by atoms with Crippen molar-refractivity contribution in [2.75, 3.05) is 6.61 Å². The average molecular weight is 238 g/mol. The monoisotopic (exact) mass is 237 g/mol. The van der Waals surface area contributed by atoms with E-state index in [9.17, 15) is 5.11 Å². The molecule has 1 saturated carbocycles. The van der Waals surface area contributed by atoms with E-state index in [1.165, 1.54) is 11.1 Å². The van der Waals surface area contributed by atoms with Gasteiger partial charge < -0.3 is 10.4 Å². The number of fused-ring (bicyclic) bond motifs is 1. The second-order valence-corrected chi connectivity index (χ2v) is 5.39. The van der Waals surface area contributed by atoms with Crippen LogP contribution in [0.1, 0.15) is 36.4 Å². The predicted octanol–water partition coefficient (Wildman–Crippen LogP) is 2.44. The van der Waals surface area contributed by atoms with Gasteiger partial charge >= 0.3 is 0 Å². The van der Waals surface area contributed by atoms with Crippen molar-refractivity contribution in [3.63, 3.8) is 0 Å². The van der Waals surface area contributed by atoms with Crippen LogP contribution in [0.25, 0.3) is 0 Å². The zero-order chi connectivity index (χ0) is 11.2. The average Bonchev–Trinajstić information content (AvgIpc) is 2.95. The van der Waals surface area contributed by atoms with Gasteiger partial charge in [0, 0.05) is 16.6 Å². The largest absolute Gasteiger partial charge is 0.394 e. The summed E-state index contributed by atoms with van der Waals surface area (Å²) in [4.78, 5) is 0. The van der Waals surface area contributed by atoms with E-state index in [1.807, 2.05) is 12.1 Å². The fourth-order valence-electron chi connectivity index (χ4n) is 2.63. The van der Waals surface area contributed by atoms with E-state index < -0.39 is 0 Å². The summed E-state index contributed by atoms with van der Waals surface area (Å²) >= 11 is 6.18. The van der Waals surface area contributed by atoms with Crippen molar-refractivity contribution in [1.29, 1.82) is 0 Å². The highest BCUT2D eigenvalue weighted by Gasteiger charge is 2.44. The van der Waals surface area contributed by atoms with Crippen LogP contribution in [-0.2, 0) is 6.42 Å². The van der Waals surface area contributed by atoms with E-state index in [2.05, 4.69) is 11.4 Å². The van der Waals surface area contributed by atoms with E-state index >= 15 is 0 Å². The molecule has 3 heteroatoms. The number of aliphatic hydroxyl groups is 1. The van der Waals surface area contributed by atoms with E-state index in [0.29, 0.717) is 6.04 Å². The van der Waals surface area contributed by atoms with Gasteiger partial charge in [0.05, 0.1) is 6.61 Å². The van der Waals surface area contributed by atoms with Crippen LogP contribution in [0.3, 0.4) is 0 Å². The summed E-state index contributed by atoms with van der Waals surface area (Å²) in [5, 5.41) is 13.8. The summed E-state index contributed by atoms with van der Waals surface area (Å²) in [5.74, 6) is 0. The van der Waals surface area contributed by atoms with Gasteiger partial charge in [-0.2, -0.15) is 0 Å². The molecule has 0 aliphatic heterocycles. The molecule has 0 aromatic heterocycles. The second kappa shape index (κ2) is 3.73. The number of nitrogens with one attached hydrogen (secondary N) is 1. The van der Waals surface area contributed by atoms with Crippen molar-refractivity contribution in [1.82, 2.24) is 5.32 Å². The fourth-order valence-corrected chi connectivity index (χ4v) is 2.90. The van der Waals surface area contributed by atoms with Crippen molar-refractivity contribution in [3.05, 3.63) is 34.3 Å². The molecule has 86 valence electrons. The first-order chi connectivity index (χ1) is 7.74. The third-order valence-electron chi connectivity index (χ3n) is 3.85. The number of hydrogen-bond donors (Lipinski definition) is 2. The zero-order valence-electron chi connectivity index (χ0n) is 9.17. The van der Waals surface area contributed by atoms with Gasteiger partial charge in [0.1, 0.15) is 0 Å². The molecule has 2 aliphatic carbocycles. The topological polar surface area (TPSA) is 32.3 Å². The molecule has 2 aliphatic rings. The lowest BCUT2D eigenvalue weighted by atomic mass is 10.1. The molecule has 2 nitrogen and oxygen atoms in total. The molecule has 1 aromatic rings. The first kappa shape index (κ1) is 10.6. The standard InChI is InChI=1S/C13H16ClNO/c14-11-3-1-2-10-9(11)4-5-12(10)15-13(8-16)6-7-13/h1-3,12,15-16H,4-8H2. The van der Waals surface area contributed by atoms with Crippen LogP contribution < -0.4 is 5.32 Å². The molecule has 0 bridgehead atoms. The molecular formula is C13H16ClNO. The Kier molecular flexibility index (Phi) is 2.46. The maximum atomic E-state index is 9.33. The Morgan fingerprint density at radius 1 is 1.44 bits per heavy atom. The molecule has 1 aromatic carbocycles. The number of aliphatic hydroxyl groups excluding tert-OH is 1. The Bertz CT molecular complexity index is 414. The first-order valence-electron chi connectivity index (χ1n) is 5.90. The second-order valence-electron chi connectivity index (χ2n) is 4.98. The molecule has 0 spiro atoms. The molecule has 16 heavy (non-hydrogen) atoms. The van der Waals surface area contributed by atoms with Gasteiger partial charge in [-0.1, -0.05) is 23.7 Å². The Morgan fingerprint density at radius 3 is 2.94 bits per heavy atom. The van der Waals surface area contributed by atoms with Gasteiger partial charge in [0.2, 0.25) is 0 Å². The minimum atomic E-state index is 0.00853. The van der Waals surface area contributed by atoms with Crippen molar-refractivity contribution < 1.29 is 5.11 Å². The van der Waals surface area contributed by atoms with Crippen LogP contribution in [0.4, 0.5) is 0 Å². The molecule has 0 heterocycles. The minimum absolute atomic E-state index is 0.00853. The molecule has 0 amide bonds. The van der Waals surface area contributed by atoms with Gasteiger partial charge in [-0.15, -0.1) is 0 Å². The summed E-state index contributed by atoms with van der Waals surface area (Å²) in [7, 11) is 0. The van der Waals surface area contributed by atoms with Crippen LogP contribution in [0.15, 0.2) is 18.2 Å². The lowest BCUT2D eigenvalue weighted by Gasteiger charge is -2.21. The van der Waals surface area contributed by atoms with Gasteiger partial charge in [-0.3, -0.25) is 0 Å². The van der Waals surface area contributed by atoms with Crippen molar-refractivity contribution in [2.45, 2.75) is 37.3 Å².